The van der Waals surface area contributed by atoms with Gasteiger partial charge < -0.3 is 18.1 Å². The Morgan fingerprint density at radius 1 is 0.571 bits per heavy atom. The van der Waals surface area contributed by atoms with Crippen LogP contribution in [-0.2, 0) is 4.57 Å². The molecule has 0 amide bonds. The zero-order valence-electron chi connectivity index (χ0n) is 14.9. The molecule has 28 heavy (non-hydrogen) atoms. The van der Waals surface area contributed by atoms with Crippen LogP contribution in [0.3, 0.4) is 0 Å². The van der Waals surface area contributed by atoms with Crippen molar-refractivity contribution in [1.82, 2.24) is 4.57 Å². The lowest BCUT2D eigenvalue weighted by Gasteiger charge is -2.21. The van der Waals surface area contributed by atoms with Crippen LogP contribution >= 0.6 is 7.82 Å². The van der Waals surface area contributed by atoms with Crippen LogP contribution in [0.2, 0.25) is 0 Å². The molecule has 0 atom stereocenters. The summed E-state index contributed by atoms with van der Waals surface area (Å²) in [5.41, 5.74) is 0.723. The minimum Gasteiger partial charge on any atom is -0.386 e. The molecule has 0 fully saturated rings. The first kappa shape index (κ1) is 18.0. The highest BCUT2D eigenvalue weighted by molar-refractivity contribution is 7.49. The molecule has 4 aromatic rings. The van der Waals surface area contributed by atoms with E-state index in [4.69, 9.17) is 13.6 Å². The molecule has 0 spiro atoms. The van der Waals surface area contributed by atoms with E-state index in [1.54, 1.807) is 60.7 Å². The number of para-hydroxylation sites is 4. The molecule has 5 nitrogen and oxygen atoms in total. The Kier molecular flexibility index (Phi) is 5.18. The van der Waals surface area contributed by atoms with Gasteiger partial charge in [-0.3, -0.25) is 0 Å². The summed E-state index contributed by atoms with van der Waals surface area (Å²) >= 11 is 0. The smallest absolute Gasteiger partial charge is 0.386 e. The Hall–Kier alpha value is -3.43. The van der Waals surface area contributed by atoms with Crippen LogP contribution in [0.4, 0.5) is 0 Å². The molecule has 140 valence electrons. The van der Waals surface area contributed by atoms with Crippen molar-refractivity contribution in [3.05, 3.63) is 109 Å². The highest BCUT2D eigenvalue weighted by atomic mass is 31.2. The van der Waals surface area contributed by atoms with Crippen LogP contribution in [0.5, 0.6) is 17.2 Å². The summed E-state index contributed by atoms with van der Waals surface area (Å²) in [7, 11) is -4.03. The van der Waals surface area contributed by atoms with Crippen LogP contribution in [0.1, 0.15) is 0 Å². The second kappa shape index (κ2) is 8.07. The number of hydrogen-bond acceptors (Lipinski definition) is 4. The van der Waals surface area contributed by atoms with Crippen molar-refractivity contribution in [3.8, 4) is 22.9 Å². The SMILES string of the molecule is O=P(Oc1ccccc1)(Oc1ccccc1)Oc1ccccc1-n1cccc1. The summed E-state index contributed by atoms with van der Waals surface area (Å²) in [5, 5.41) is 0. The van der Waals surface area contributed by atoms with Gasteiger partial charge in [0.1, 0.15) is 11.5 Å². The summed E-state index contributed by atoms with van der Waals surface area (Å²) in [5.74, 6) is 1.16. The zero-order chi connectivity index (χ0) is 19.2. The van der Waals surface area contributed by atoms with E-state index in [0.29, 0.717) is 17.2 Å². The molecule has 0 bridgehead atoms. The van der Waals surface area contributed by atoms with Crippen molar-refractivity contribution in [1.29, 1.82) is 0 Å². The van der Waals surface area contributed by atoms with E-state index in [2.05, 4.69) is 0 Å². The van der Waals surface area contributed by atoms with Crippen molar-refractivity contribution < 1.29 is 18.1 Å². The second-order valence-corrected chi connectivity index (χ2v) is 7.35. The molecule has 0 aliphatic heterocycles. The van der Waals surface area contributed by atoms with Crippen molar-refractivity contribution >= 4 is 7.82 Å². The maximum absolute atomic E-state index is 13.6. The van der Waals surface area contributed by atoms with E-state index in [1.165, 1.54) is 0 Å². The lowest BCUT2D eigenvalue weighted by Crippen LogP contribution is -2.09. The van der Waals surface area contributed by atoms with Crippen LogP contribution < -0.4 is 13.6 Å². The molecule has 0 aliphatic rings. The van der Waals surface area contributed by atoms with Gasteiger partial charge in [0.2, 0.25) is 0 Å². The lowest BCUT2D eigenvalue weighted by atomic mass is 10.3. The van der Waals surface area contributed by atoms with Gasteiger partial charge in [-0.05, 0) is 48.5 Å². The largest absolute Gasteiger partial charge is 0.647 e. The molecule has 4 rings (SSSR count). The first-order valence-electron chi connectivity index (χ1n) is 8.73. The van der Waals surface area contributed by atoms with Crippen molar-refractivity contribution in [2.45, 2.75) is 0 Å². The molecule has 6 heteroatoms. The fraction of sp³-hybridized carbons (Fsp3) is 0. The van der Waals surface area contributed by atoms with Crippen LogP contribution in [0.15, 0.2) is 109 Å². The predicted molar refractivity (Wildman–Crippen MR) is 108 cm³/mol. The van der Waals surface area contributed by atoms with Gasteiger partial charge in [0, 0.05) is 12.4 Å². The Labute approximate surface area is 163 Å². The Morgan fingerprint density at radius 2 is 1.07 bits per heavy atom. The molecule has 1 heterocycles. The summed E-state index contributed by atoms with van der Waals surface area (Å²) in [4.78, 5) is 0. The van der Waals surface area contributed by atoms with E-state index < -0.39 is 7.82 Å². The lowest BCUT2D eigenvalue weighted by molar-refractivity contribution is 0.298. The van der Waals surface area contributed by atoms with E-state index in [-0.39, 0.29) is 0 Å². The topological polar surface area (TPSA) is 49.7 Å². The third kappa shape index (κ3) is 4.27. The second-order valence-electron chi connectivity index (χ2n) is 5.91. The van der Waals surface area contributed by atoms with Gasteiger partial charge in [-0.2, -0.15) is 4.57 Å². The van der Waals surface area contributed by atoms with Gasteiger partial charge >= 0.3 is 7.82 Å². The number of rotatable bonds is 7. The van der Waals surface area contributed by atoms with Crippen molar-refractivity contribution in [2.75, 3.05) is 0 Å². The van der Waals surface area contributed by atoms with Gasteiger partial charge in [-0.15, -0.1) is 0 Å². The molecular formula is C22H18NO4P. The third-order valence-electron chi connectivity index (χ3n) is 3.88. The summed E-state index contributed by atoms with van der Waals surface area (Å²) in [6, 6.07) is 28.7. The average molecular weight is 391 g/mol. The number of aromatic nitrogens is 1. The summed E-state index contributed by atoms with van der Waals surface area (Å²) in [6.45, 7) is 0. The molecular weight excluding hydrogens is 373 g/mol. The molecule has 3 aromatic carbocycles. The fourth-order valence-corrected chi connectivity index (χ4v) is 3.91. The van der Waals surface area contributed by atoms with Crippen molar-refractivity contribution in [2.24, 2.45) is 0 Å². The molecule has 1 aromatic heterocycles. The number of benzene rings is 3. The number of nitrogens with zero attached hydrogens (tertiary/aromatic N) is 1. The maximum Gasteiger partial charge on any atom is 0.647 e. The zero-order valence-corrected chi connectivity index (χ0v) is 15.8. The first-order valence-corrected chi connectivity index (χ1v) is 10.2. The third-order valence-corrected chi connectivity index (χ3v) is 5.17. The minimum atomic E-state index is -4.03. The van der Waals surface area contributed by atoms with E-state index >= 15 is 0 Å². The van der Waals surface area contributed by atoms with Gasteiger partial charge in [0.25, 0.3) is 0 Å². The normalized spacial score (nSPS) is 11.0. The summed E-state index contributed by atoms with van der Waals surface area (Å²) in [6.07, 6.45) is 3.76. The predicted octanol–water partition coefficient (Wildman–Crippen LogP) is 6.12. The number of phosphoric ester groups is 1. The molecule has 0 radical (unpaired) electrons. The molecule has 0 N–H and O–H groups in total. The van der Waals surface area contributed by atoms with Gasteiger partial charge in [0.15, 0.2) is 5.75 Å². The molecule has 0 saturated heterocycles. The van der Waals surface area contributed by atoms with Crippen LogP contribution in [-0.4, -0.2) is 4.57 Å². The standard InChI is InChI=1S/C22H18NO4P/c24-28(25-19-11-3-1-4-12-19,26-20-13-5-2-6-14-20)27-22-16-8-7-15-21(22)23-17-9-10-18-23/h1-18H. The molecule has 0 saturated carbocycles. The maximum atomic E-state index is 13.6. The number of hydrogen-bond donors (Lipinski definition) is 0. The highest BCUT2D eigenvalue weighted by Crippen LogP contribution is 2.50. The highest BCUT2D eigenvalue weighted by Gasteiger charge is 2.34. The van der Waals surface area contributed by atoms with Gasteiger partial charge in [-0.1, -0.05) is 48.5 Å². The Bertz CT molecular complexity index is 1020. The van der Waals surface area contributed by atoms with Crippen molar-refractivity contribution in [3.63, 3.8) is 0 Å². The monoisotopic (exact) mass is 391 g/mol. The number of phosphoric acid groups is 1. The van der Waals surface area contributed by atoms with E-state index in [0.717, 1.165) is 5.69 Å². The Balaban J connectivity index is 1.69. The quantitative estimate of drug-likeness (QED) is 0.356. The van der Waals surface area contributed by atoms with E-state index in [9.17, 15) is 4.57 Å². The Morgan fingerprint density at radius 3 is 1.64 bits per heavy atom. The first-order chi connectivity index (χ1) is 13.7. The van der Waals surface area contributed by atoms with Gasteiger partial charge in [-0.25, -0.2) is 0 Å². The van der Waals surface area contributed by atoms with Gasteiger partial charge in [0.05, 0.1) is 5.69 Å². The minimum absolute atomic E-state index is 0.383. The average Bonchev–Trinajstić information content (AvgIpc) is 3.24. The summed E-state index contributed by atoms with van der Waals surface area (Å²) < 4.78 is 32.7. The molecule has 0 unspecified atom stereocenters. The molecule has 0 aliphatic carbocycles. The van der Waals surface area contributed by atoms with Crippen LogP contribution in [0, 0.1) is 0 Å². The van der Waals surface area contributed by atoms with E-state index in [1.807, 2.05) is 53.4 Å². The fourth-order valence-electron chi connectivity index (χ4n) is 2.64. The van der Waals surface area contributed by atoms with Crippen LogP contribution in [0.25, 0.3) is 5.69 Å².